The van der Waals surface area contributed by atoms with Gasteiger partial charge in [-0.15, -0.1) is 0 Å². The first-order valence-corrected chi connectivity index (χ1v) is 6.97. The third-order valence-corrected chi connectivity index (χ3v) is 3.93. The zero-order valence-electron chi connectivity index (χ0n) is 12.1. The van der Waals surface area contributed by atoms with Gasteiger partial charge in [0, 0.05) is 18.9 Å². The molecule has 1 saturated heterocycles. The van der Waals surface area contributed by atoms with Gasteiger partial charge in [-0.25, -0.2) is 0 Å². The first-order chi connectivity index (χ1) is 8.99. The van der Waals surface area contributed by atoms with Crippen LogP contribution in [0.5, 0.6) is 5.75 Å². The van der Waals surface area contributed by atoms with E-state index in [1.165, 1.54) is 38.3 Å². The number of carbonyl (C=O) groups excluding carboxylic acids is 1. The van der Waals surface area contributed by atoms with Gasteiger partial charge in [0.1, 0.15) is 5.75 Å². The second kappa shape index (κ2) is 5.74. The van der Waals surface area contributed by atoms with Crippen LogP contribution in [0.25, 0.3) is 0 Å². The fraction of sp³-hybridized carbons (Fsp3) is 0.562. The monoisotopic (exact) mass is 261 g/mol. The summed E-state index contributed by atoms with van der Waals surface area (Å²) in [6, 6.07) is 7.98. The van der Waals surface area contributed by atoms with Crippen molar-refractivity contribution in [2.75, 3.05) is 20.1 Å². The van der Waals surface area contributed by atoms with Gasteiger partial charge in [0.25, 0.3) is 0 Å². The van der Waals surface area contributed by atoms with Crippen molar-refractivity contribution in [1.29, 1.82) is 0 Å². The van der Waals surface area contributed by atoms with E-state index >= 15 is 0 Å². The zero-order chi connectivity index (χ0) is 13.9. The Morgan fingerprint density at radius 1 is 1.37 bits per heavy atom. The predicted octanol–water partition coefficient (Wildman–Crippen LogP) is 2.99. The molecular formula is C16H23NO2. The van der Waals surface area contributed by atoms with Crippen LogP contribution in [-0.4, -0.2) is 31.0 Å². The topological polar surface area (TPSA) is 29.5 Å². The van der Waals surface area contributed by atoms with E-state index < -0.39 is 0 Å². The van der Waals surface area contributed by atoms with E-state index in [0.717, 1.165) is 6.54 Å². The SMILES string of the molecule is CC(=O)Oc1cccc(C2(C)CCCCN(C)C2)c1. The van der Waals surface area contributed by atoms with Crippen LogP contribution in [0.15, 0.2) is 24.3 Å². The molecule has 1 unspecified atom stereocenters. The highest BCUT2D eigenvalue weighted by molar-refractivity contribution is 5.69. The lowest BCUT2D eigenvalue weighted by Gasteiger charge is -2.32. The molecule has 0 saturated carbocycles. The van der Waals surface area contributed by atoms with Crippen molar-refractivity contribution in [1.82, 2.24) is 4.90 Å². The lowest BCUT2D eigenvalue weighted by molar-refractivity contribution is -0.131. The number of ether oxygens (including phenoxy) is 1. The van der Waals surface area contributed by atoms with Crippen molar-refractivity contribution in [2.45, 2.75) is 38.5 Å². The van der Waals surface area contributed by atoms with Crippen LogP contribution in [0.4, 0.5) is 0 Å². The van der Waals surface area contributed by atoms with E-state index in [1.54, 1.807) is 0 Å². The molecule has 0 aliphatic carbocycles. The zero-order valence-corrected chi connectivity index (χ0v) is 12.1. The fourth-order valence-corrected chi connectivity index (χ4v) is 2.99. The fourth-order valence-electron chi connectivity index (χ4n) is 2.99. The Kier molecular flexibility index (Phi) is 4.25. The van der Waals surface area contributed by atoms with E-state index in [1.807, 2.05) is 18.2 Å². The molecule has 0 bridgehead atoms. The molecule has 104 valence electrons. The maximum Gasteiger partial charge on any atom is 0.308 e. The van der Waals surface area contributed by atoms with Crippen molar-refractivity contribution in [3.63, 3.8) is 0 Å². The largest absolute Gasteiger partial charge is 0.427 e. The summed E-state index contributed by atoms with van der Waals surface area (Å²) >= 11 is 0. The Morgan fingerprint density at radius 2 is 2.16 bits per heavy atom. The van der Waals surface area contributed by atoms with Crippen LogP contribution in [-0.2, 0) is 10.2 Å². The molecule has 1 fully saturated rings. The Bertz CT molecular complexity index is 458. The molecule has 0 amide bonds. The van der Waals surface area contributed by atoms with Gasteiger partial charge in [-0.05, 0) is 44.1 Å². The number of hydrogen-bond acceptors (Lipinski definition) is 3. The van der Waals surface area contributed by atoms with Crippen molar-refractivity contribution in [3.8, 4) is 5.75 Å². The number of benzene rings is 1. The molecule has 19 heavy (non-hydrogen) atoms. The van der Waals surface area contributed by atoms with Crippen LogP contribution in [0.1, 0.15) is 38.7 Å². The highest BCUT2D eigenvalue weighted by Gasteiger charge is 2.30. The molecule has 0 radical (unpaired) electrons. The Morgan fingerprint density at radius 3 is 2.89 bits per heavy atom. The summed E-state index contributed by atoms with van der Waals surface area (Å²) < 4.78 is 5.20. The second-order valence-corrected chi connectivity index (χ2v) is 5.88. The lowest BCUT2D eigenvalue weighted by atomic mass is 9.78. The Balaban J connectivity index is 2.25. The Hall–Kier alpha value is -1.35. The first kappa shape index (κ1) is 14.1. The van der Waals surface area contributed by atoms with Gasteiger partial charge in [-0.3, -0.25) is 4.79 Å². The smallest absolute Gasteiger partial charge is 0.308 e. The minimum atomic E-state index is -0.264. The molecule has 3 heteroatoms. The quantitative estimate of drug-likeness (QED) is 0.605. The molecule has 1 atom stereocenters. The van der Waals surface area contributed by atoms with Gasteiger partial charge in [-0.1, -0.05) is 25.5 Å². The second-order valence-electron chi connectivity index (χ2n) is 5.88. The average Bonchev–Trinajstić information content (AvgIpc) is 2.51. The van der Waals surface area contributed by atoms with Gasteiger partial charge in [0.15, 0.2) is 0 Å². The lowest BCUT2D eigenvalue weighted by Crippen LogP contribution is -2.35. The van der Waals surface area contributed by atoms with Crippen molar-refractivity contribution in [2.24, 2.45) is 0 Å². The van der Waals surface area contributed by atoms with Crippen LogP contribution in [0.3, 0.4) is 0 Å². The average molecular weight is 261 g/mol. The summed E-state index contributed by atoms with van der Waals surface area (Å²) in [4.78, 5) is 13.5. The van der Waals surface area contributed by atoms with Gasteiger partial charge < -0.3 is 9.64 Å². The maximum absolute atomic E-state index is 11.1. The highest BCUT2D eigenvalue weighted by atomic mass is 16.5. The molecule has 2 rings (SSSR count). The summed E-state index contributed by atoms with van der Waals surface area (Å²) in [5.41, 5.74) is 1.40. The number of hydrogen-bond donors (Lipinski definition) is 0. The number of likely N-dealkylation sites (N-methyl/N-ethyl adjacent to an activating group) is 1. The molecule has 1 aliphatic rings. The summed E-state index contributed by atoms with van der Waals surface area (Å²) in [5.74, 6) is 0.387. The third-order valence-electron chi connectivity index (χ3n) is 3.93. The summed E-state index contributed by atoms with van der Waals surface area (Å²) in [5, 5.41) is 0. The van der Waals surface area contributed by atoms with E-state index in [2.05, 4.69) is 24.9 Å². The number of rotatable bonds is 2. The van der Waals surface area contributed by atoms with Gasteiger partial charge in [-0.2, -0.15) is 0 Å². The van der Waals surface area contributed by atoms with Crippen LogP contribution < -0.4 is 4.74 Å². The molecule has 1 aromatic rings. The van der Waals surface area contributed by atoms with E-state index in [0.29, 0.717) is 5.75 Å². The van der Waals surface area contributed by atoms with E-state index in [9.17, 15) is 4.79 Å². The predicted molar refractivity (Wildman–Crippen MR) is 76.5 cm³/mol. The summed E-state index contributed by atoms with van der Waals surface area (Å²) in [7, 11) is 2.18. The molecular weight excluding hydrogens is 238 g/mol. The van der Waals surface area contributed by atoms with Crippen LogP contribution in [0.2, 0.25) is 0 Å². The molecule has 1 heterocycles. The molecule has 1 aromatic carbocycles. The van der Waals surface area contributed by atoms with Gasteiger partial charge in [0.2, 0.25) is 0 Å². The molecule has 0 aromatic heterocycles. The minimum absolute atomic E-state index is 0.140. The Labute approximate surface area is 115 Å². The maximum atomic E-state index is 11.1. The minimum Gasteiger partial charge on any atom is -0.427 e. The van der Waals surface area contributed by atoms with E-state index in [4.69, 9.17) is 4.74 Å². The van der Waals surface area contributed by atoms with Gasteiger partial charge >= 0.3 is 5.97 Å². The molecule has 3 nitrogen and oxygen atoms in total. The first-order valence-electron chi connectivity index (χ1n) is 6.97. The van der Waals surface area contributed by atoms with Crippen molar-refractivity contribution >= 4 is 5.97 Å². The van der Waals surface area contributed by atoms with Crippen LogP contribution in [0, 0.1) is 0 Å². The van der Waals surface area contributed by atoms with Crippen molar-refractivity contribution in [3.05, 3.63) is 29.8 Å². The molecule has 0 spiro atoms. The summed E-state index contributed by atoms with van der Waals surface area (Å²) in [6.45, 7) is 5.96. The van der Waals surface area contributed by atoms with Crippen LogP contribution >= 0.6 is 0 Å². The number of esters is 1. The standard InChI is InChI=1S/C16H23NO2/c1-13(18)19-15-8-6-7-14(11-15)16(2)9-4-5-10-17(3)12-16/h6-8,11H,4-5,9-10,12H2,1-3H3. The summed E-state index contributed by atoms with van der Waals surface area (Å²) in [6.07, 6.45) is 3.69. The van der Waals surface area contributed by atoms with Gasteiger partial charge in [0.05, 0.1) is 0 Å². The number of carbonyl (C=O) groups is 1. The molecule has 1 aliphatic heterocycles. The molecule has 0 N–H and O–H groups in total. The third kappa shape index (κ3) is 3.57. The van der Waals surface area contributed by atoms with E-state index in [-0.39, 0.29) is 11.4 Å². The highest BCUT2D eigenvalue weighted by Crippen LogP contribution is 2.34. The van der Waals surface area contributed by atoms with Crippen molar-refractivity contribution < 1.29 is 9.53 Å². The normalized spacial score (nSPS) is 24.8. The number of likely N-dealkylation sites (tertiary alicyclic amines) is 1. The number of nitrogens with zero attached hydrogens (tertiary/aromatic N) is 1.